The van der Waals surface area contributed by atoms with Crippen LogP contribution < -0.4 is 5.32 Å². The molecule has 2 fully saturated rings. The smallest absolute Gasteiger partial charge is 0.0757 e. The van der Waals surface area contributed by atoms with Gasteiger partial charge in [-0.3, -0.25) is 0 Å². The Balaban J connectivity index is 1.54. The Hall–Kier alpha value is 0.1000. The number of hydrogen-bond acceptors (Lipinski definition) is 3. The number of nitrogens with one attached hydrogen (secondary N) is 1. The van der Waals surface area contributed by atoms with E-state index in [2.05, 4.69) is 33.4 Å². The average molecular weight is 302 g/mol. The lowest BCUT2D eigenvalue weighted by atomic mass is 10.1. The van der Waals surface area contributed by atoms with Gasteiger partial charge in [-0.05, 0) is 53.2 Å². The molecule has 1 aromatic rings. The Morgan fingerprint density at radius 1 is 1.38 bits per heavy atom. The Labute approximate surface area is 109 Å². The van der Waals surface area contributed by atoms with Gasteiger partial charge in [0.1, 0.15) is 0 Å². The van der Waals surface area contributed by atoms with E-state index in [0.29, 0.717) is 12.1 Å². The van der Waals surface area contributed by atoms with Crippen LogP contribution in [0.5, 0.6) is 0 Å². The summed E-state index contributed by atoms with van der Waals surface area (Å²) in [5.41, 5.74) is 0. The van der Waals surface area contributed by atoms with Crippen molar-refractivity contribution < 1.29 is 4.74 Å². The normalized spacial score (nSPS) is 29.8. The van der Waals surface area contributed by atoms with Crippen LogP contribution in [0.2, 0.25) is 0 Å². The van der Waals surface area contributed by atoms with Gasteiger partial charge in [0.25, 0.3) is 0 Å². The van der Waals surface area contributed by atoms with Crippen molar-refractivity contribution in [2.24, 2.45) is 5.92 Å². The maximum absolute atomic E-state index is 5.81. The largest absolute Gasteiger partial charge is 0.376 e. The molecular weight excluding hydrogens is 286 g/mol. The molecular formula is C12H16BrNOS. The molecule has 1 N–H and O–H groups in total. The molecule has 16 heavy (non-hydrogen) atoms. The van der Waals surface area contributed by atoms with Crippen LogP contribution in [-0.4, -0.2) is 18.8 Å². The molecule has 0 radical (unpaired) electrons. The molecule has 0 amide bonds. The maximum atomic E-state index is 5.81. The average Bonchev–Trinajstić information content (AvgIpc) is 2.86. The van der Waals surface area contributed by atoms with Crippen molar-refractivity contribution in [3.05, 3.63) is 20.8 Å². The summed E-state index contributed by atoms with van der Waals surface area (Å²) in [7, 11) is 0. The van der Waals surface area contributed by atoms with E-state index in [4.69, 9.17) is 4.74 Å². The zero-order chi connectivity index (χ0) is 11.0. The van der Waals surface area contributed by atoms with Gasteiger partial charge >= 0.3 is 0 Å². The third-order valence-corrected chi connectivity index (χ3v) is 5.01. The van der Waals surface area contributed by atoms with Crippen LogP contribution in [0.4, 0.5) is 0 Å². The zero-order valence-electron chi connectivity index (χ0n) is 9.12. The van der Waals surface area contributed by atoms with E-state index < -0.39 is 0 Å². The predicted molar refractivity (Wildman–Crippen MR) is 69.7 cm³/mol. The number of hydrogen-bond donors (Lipinski definition) is 1. The molecule has 0 bridgehead atoms. The fraction of sp³-hybridized carbons (Fsp3) is 0.667. The summed E-state index contributed by atoms with van der Waals surface area (Å²) in [6, 6.07) is 4.88. The van der Waals surface area contributed by atoms with E-state index in [1.54, 1.807) is 0 Å². The zero-order valence-corrected chi connectivity index (χ0v) is 11.5. The summed E-state index contributed by atoms with van der Waals surface area (Å²) in [5.74, 6) is 0.843. The predicted octanol–water partition coefficient (Wildman–Crippen LogP) is 3.17. The van der Waals surface area contributed by atoms with Gasteiger partial charge in [0.15, 0.2) is 0 Å². The van der Waals surface area contributed by atoms with Gasteiger partial charge in [-0.2, -0.15) is 0 Å². The molecule has 2 nitrogen and oxygen atoms in total. The third-order valence-electron chi connectivity index (χ3n) is 3.39. The van der Waals surface area contributed by atoms with E-state index in [-0.39, 0.29) is 0 Å². The van der Waals surface area contributed by atoms with Crippen molar-refractivity contribution in [1.29, 1.82) is 0 Å². The molecule has 2 atom stereocenters. The molecule has 2 unspecified atom stereocenters. The molecule has 2 heterocycles. The highest BCUT2D eigenvalue weighted by molar-refractivity contribution is 9.11. The van der Waals surface area contributed by atoms with E-state index in [1.807, 2.05) is 11.3 Å². The van der Waals surface area contributed by atoms with Gasteiger partial charge in [0.05, 0.1) is 9.89 Å². The second kappa shape index (κ2) is 4.77. The number of rotatable bonds is 4. The van der Waals surface area contributed by atoms with Crippen molar-refractivity contribution in [1.82, 2.24) is 5.32 Å². The van der Waals surface area contributed by atoms with Gasteiger partial charge in [0, 0.05) is 24.1 Å². The fourth-order valence-electron chi connectivity index (χ4n) is 2.40. The van der Waals surface area contributed by atoms with Gasteiger partial charge in [-0.15, -0.1) is 11.3 Å². The lowest BCUT2D eigenvalue weighted by Gasteiger charge is -2.18. The van der Waals surface area contributed by atoms with Gasteiger partial charge in [0.2, 0.25) is 0 Å². The minimum Gasteiger partial charge on any atom is -0.376 e. The van der Waals surface area contributed by atoms with Crippen LogP contribution >= 0.6 is 27.3 Å². The quantitative estimate of drug-likeness (QED) is 0.922. The molecule has 1 aromatic heterocycles. The van der Waals surface area contributed by atoms with Crippen LogP contribution in [0.15, 0.2) is 15.9 Å². The molecule has 0 spiro atoms. The van der Waals surface area contributed by atoms with Crippen molar-refractivity contribution >= 4 is 27.3 Å². The minimum atomic E-state index is 0.489. The first kappa shape index (κ1) is 11.2. The van der Waals surface area contributed by atoms with E-state index in [9.17, 15) is 0 Å². The second-order valence-electron chi connectivity index (χ2n) is 4.65. The van der Waals surface area contributed by atoms with Crippen molar-refractivity contribution in [2.45, 2.75) is 38.0 Å². The third kappa shape index (κ3) is 2.50. The van der Waals surface area contributed by atoms with E-state index in [1.165, 1.54) is 27.9 Å². The molecule has 1 aliphatic heterocycles. The molecule has 1 aliphatic carbocycles. The Bertz CT molecular complexity index is 364. The second-order valence-corrected chi connectivity index (χ2v) is 7.20. The van der Waals surface area contributed by atoms with Gasteiger partial charge < -0.3 is 10.1 Å². The first-order chi connectivity index (χ1) is 7.83. The van der Waals surface area contributed by atoms with Crippen LogP contribution in [0.25, 0.3) is 0 Å². The minimum absolute atomic E-state index is 0.489. The lowest BCUT2D eigenvalue weighted by Crippen LogP contribution is -2.36. The molecule has 1 saturated carbocycles. The van der Waals surface area contributed by atoms with Crippen LogP contribution in [0.1, 0.15) is 24.1 Å². The molecule has 1 saturated heterocycles. The van der Waals surface area contributed by atoms with Crippen LogP contribution in [0.3, 0.4) is 0 Å². The first-order valence-electron chi connectivity index (χ1n) is 5.92. The van der Waals surface area contributed by atoms with E-state index >= 15 is 0 Å². The summed E-state index contributed by atoms with van der Waals surface area (Å²) in [5, 5.41) is 3.65. The lowest BCUT2D eigenvalue weighted by molar-refractivity contribution is 0.0809. The Morgan fingerprint density at radius 3 is 2.94 bits per heavy atom. The Morgan fingerprint density at radius 2 is 2.25 bits per heavy atom. The topological polar surface area (TPSA) is 21.3 Å². The summed E-state index contributed by atoms with van der Waals surface area (Å²) < 4.78 is 7.03. The van der Waals surface area contributed by atoms with Crippen molar-refractivity contribution in [2.75, 3.05) is 6.61 Å². The first-order valence-corrected chi connectivity index (χ1v) is 7.53. The SMILES string of the molecule is Brc1ccc(CNC2CCOC2C2CC2)s1. The highest BCUT2D eigenvalue weighted by Crippen LogP contribution is 2.38. The van der Waals surface area contributed by atoms with E-state index in [0.717, 1.165) is 19.1 Å². The van der Waals surface area contributed by atoms with Crippen molar-refractivity contribution in [3.63, 3.8) is 0 Å². The summed E-state index contributed by atoms with van der Waals surface area (Å²) >= 11 is 5.31. The van der Waals surface area contributed by atoms with Gasteiger partial charge in [-0.1, -0.05) is 0 Å². The monoisotopic (exact) mass is 301 g/mol. The molecule has 3 rings (SSSR count). The molecule has 4 heteroatoms. The van der Waals surface area contributed by atoms with Crippen LogP contribution in [-0.2, 0) is 11.3 Å². The Kier molecular flexibility index (Phi) is 3.34. The van der Waals surface area contributed by atoms with Gasteiger partial charge in [-0.25, -0.2) is 0 Å². The number of ether oxygens (including phenoxy) is 1. The molecule has 2 aliphatic rings. The number of thiophene rings is 1. The standard InChI is InChI=1S/C12H16BrNOS/c13-11-4-3-9(16-11)7-14-10-5-6-15-12(10)8-1-2-8/h3-4,8,10,12,14H,1-2,5-7H2. The number of halogens is 1. The van der Waals surface area contributed by atoms with Crippen LogP contribution in [0, 0.1) is 5.92 Å². The fourth-order valence-corrected chi connectivity index (χ4v) is 3.83. The summed E-state index contributed by atoms with van der Waals surface area (Å²) in [6.45, 7) is 1.92. The maximum Gasteiger partial charge on any atom is 0.0757 e. The molecule has 0 aromatic carbocycles. The summed E-state index contributed by atoms with van der Waals surface area (Å²) in [6.07, 6.45) is 4.40. The molecule has 88 valence electrons. The van der Waals surface area contributed by atoms with Crippen molar-refractivity contribution in [3.8, 4) is 0 Å². The summed E-state index contributed by atoms with van der Waals surface area (Å²) in [4.78, 5) is 1.40. The highest BCUT2D eigenvalue weighted by Gasteiger charge is 2.40. The highest BCUT2D eigenvalue weighted by atomic mass is 79.9.